The average molecular weight is 934 g/mol. The van der Waals surface area contributed by atoms with Crippen LogP contribution < -0.4 is 26.8 Å². The standard InChI is InChI=1S/2C11H15NO3.C11H14O3.C10H12NO3.C7H15NO/c1-11(2,3)10(15)7-5-12(4)6-8(13)9(7)14;1-11(2,3)9(14)7-5-6-12(4)10(15)8(7)13;1-11(2,3)10(14)7-5-4-6-8(12)9(7)13;1-10(2,3)9(13)7-5-4-6-8(12)11(7)14;1-7(2,3)6(9)8(4)5/h2*5-6,13H,1-4H3;4-6,12-13H,1-3H3;4-6H,1-3H3;1-5H3/q;;;-1;/p-2. The predicted molar refractivity (Wildman–Crippen MR) is 255 cm³/mol. The highest BCUT2D eigenvalue weighted by molar-refractivity contribution is 6.03. The maximum atomic E-state index is 11.9. The van der Waals surface area contributed by atoms with Crippen molar-refractivity contribution in [3.05, 3.63) is 120 Å². The van der Waals surface area contributed by atoms with Gasteiger partial charge >= 0.3 is 0 Å². The van der Waals surface area contributed by atoms with Crippen molar-refractivity contribution in [1.29, 1.82) is 0 Å². The third kappa shape index (κ3) is 17.9. The van der Waals surface area contributed by atoms with Gasteiger partial charge in [0.25, 0.3) is 0 Å². The molecule has 0 aliphatic heterocycles. The van der Waals surface area contributed by atoms with Crippen molar-refractivity contribution in [3.63, 3.8) is 0 Å². The Labute approximate surface area is 392 Å². The Balaban J connectivity index is 0.000000820. The lowest BCUT2D eigenvalue weighted by Gasteiger charge is -2.21. The van der Waals surface area contributed by atoms with E-state index in [0.29, 0.717) is 0 Å². The van der Waals surface area contributed by atoms with Gasteiger partial charge in [0.15, 0.2) is 28.9 Å². The van der Waals surface area contributed by atoms with Gasteiger partial charge in [0, 0.05) is 91.0 Å². The van der Waals surface area contributed by atoms with Crippen LogP contribution in [0.4, 0.5) is 0 Å². The van der Waals surface area contributed by atoms with Crippen LogP contribution in [0.3, 0.4) is 0 Å². The third-order valence-corrected chi connectivity index (χ3v) is 9.01. The SMILES string of the molecule is CC(C)(C)C(=O)c1cccc(=O)n1[O-].CC(C)(C)C(=O)c1cccc(O)c1[O-].CN(C)C(=O)C(C)(C)C.Cn1cc(O)c(=O)c(C(=O)C(C)(C)C)c1.Cn1ccc(C(=O)C(C)(C)C)c([O-])c1=O. The molecule has 17 nitrogen and oxygen atoms in total. The number of pyridine rings is 3. The van der Waals surface area contributed by atoms with Gasteiger partial charge in [0.1, 0.15) is 5.75 Å². The Bertz CT molecular complexity index is 2600. The van der Waals surface area contributed by atoms with Crippen molar-refractivity contribution in [2.45, 2.75) is 104 Å². The summed E-state index contributed by atoms with van der Waals surface area (Å²) in [6.07, 6.45) is 4.15. The second-order valence-electron chi connectivity index (χ2n) is 21.0. The van der Waals surface area contributed by atoms with E-state index < -0.39 is 55.5 Å². The number of ketones is 4. The first-order chi connectivity index (χ1) is 30.0. The number of Topliss-reactive ketones (excluding diaryl/α,β-unsaturated/α-hetero) is 4. The summed E-state index contributed by atoms with van der Waals surface area (Å²) in [5.41, 5.74) is -4.77. The van der Waals surface area contributed by atoms with Gasteiger partial charge in [-0.1, -0.05) is 128 Å². The van der Waals surface area contributed by atoms with Crippen LogP contribution in [-0.4, -0.2) is 72.1 Å². The maximum Gasteiger partial charge on any atom is 0.246 e. The molecular weight excluding hydrogens is 865 g/mol. The van der Waals surface area contributed by atoms with E-state index >= 15 is 0 Å². The van der Waals surface area contributed by atoms with Crippen molar-refractivity contribution >= 4 is 29.0 Å². The van der Waals surface area contributed by atoms with E-state index in [1.54, 1.807) is 109 Å². The Morgan fingerprint density at radius 2 is 0.955 bits per heavy atom. The summed E-state index contributed by atoms with van der Waals surface area (Å²) in [5.74, 6) is -3.06. The molecule has 17 heteroatoms. The monoisotopic (exact) mass is 933 g/mol. The zero-order chi connectivity index (χ0) is 53.1. The number of benzene rings is 1. The van der Waals surface area contributed by atoms with Crippen molar-refractivity contribution in [2.75, 3.05) is 14.1 Å². The molecule has 0 aliphatic carbocycles. The quantitative estimate of drug-likeness (QED) is 0.215. The number of carbonyl (C=O) groups is 5. The van der Waals surface area contributed by atoms with Crippen LogP contribution in [0.1, 0.15) is 145 Å². The number of phenols is 1. The second kappa shape index (κ2) is 23.1. The number of aromatic nitrogens is 3. The molecule has 0 spiro atoms. The van der Waals surface area contributed by atoms with Gasteiger partial charge in [-0.15, -0.1) is 0 Å². The lowest BCUT2D eigenvalue weighted by molar-refractivity contribution is -0.271. The van der Waals surface area contributed by atoms with Gasteiger partial charge in [0.2, 0.25) is 22.5 Å². The number of carbonyl (C=O) groups excluding carboxylic acids is 5. The fraction of sp³-hybridized carbons (Fsp3) is 0.480. The smallest absolute Gasteiger partial charge is 0.246 e. The summed E-state index contributed by atoms with van der Waals surface area (Å²) in [4.78, 5) is 93.6. The summed E-state index contributed by atoms with van der Waals surface area (Å²) >= 11 is 0. The molecule has 2 N–H and O–H groups in total. The highest BCUT2D eigenvalue weighted by Gasteiger charge is 2.28. The molecule has 0 radical (unpaired) electrons. The molecule has 0 atom stereocenters. The van der Waals surface area contributed by atoms with Crippen LogP contribution in [0.2, 0.25) is 0 Å². The highest BCUT2D eigenvalue weighted by Crippen LogP contribution is 2.31. The summed E-state index contributed by atoms with van der Waals surface area (Å²) in [6.45, 7) is 26.4. The van der Waals surface area contributed by atoms with Gasteiger partial charge in [-0.2, -0.15) is 0 Å². The number of para-hydroxylation sites is 1. The molecule has 4 aromatic rings. The molecule has 0 saturated carbocycles. The first-order valence-electron chi connectivity index (χ1n) is 21.1. The van der Waals surface area contributed by atoms with Crippen molar-refractivity contribution < 1.29 is 44.4 Å². The summed E-state index contributed by atoms with van der Waals surface area (Å²) in [5, 5.41) is 52.6. The summed E-state index contributed by atoms with van der Waals surface area (Å²) in [7, 11) is 6.68. The largest absolute Gasteiger partial charge is 0.869 e. The summed E-state index contributed by atoms with van der Waals surface area (Å²) in [6, 6.07) is 9.52. The Hall–Kier alpha value is -6.78. The zero-order valence-corrected chi connectivity index (χ0v) is 42.4. The zero-order valence-electron chi connectivity index (χ0n) is 42.4. The number of amides is 1. The van der Waals surface area contributed by atoms with E-state index in [-0.39, 0.29) is 67.3 Å². The van der Waals surface area contributed by atoms with Crippen LogP contribution in [0, 0.1) is 32.3 Å². The predicted octanol–water partition coefficient (Wildman–Crippen LogP) is 6.25. The number of rotatable bonds is 4. The third-order valence-electron chi connectivity index (χ3n) is 9.01. The molecule has 0 aliphatic rings. The van der Waals surface area contributed by atoms with E-state index in [9.17, 15) is 58.9 Å². The Morgan fingerprint density at radius 3 is 1.36 bits per heavy atom. The van der Waals surface area contributed by atoms with E-state index in [2.05, 4.69) is 0 Å². The number of phenolic OH excluding ortho intramolecular Hbond substituents is 1. The molecule has 0 bridgehead atoms. The van der Waals surface area contributed by atoms with Crippen LogP contribution in [0.15, 0.2) is 75.4 Å². The number of aromatic hydroxyl groups is 2. The molecule has 4 rings (SSSR count). The molecule has 0 unspecified atom stereocenters. The Morgan fingerprint density at radius 1 is 0.537 bits per heavy atom. The fourth-order valence-electron chi connectivity index (χ4n) is 5.25. The molecule has 1 aromatic carbocycles. The molecular formula is C50H69N4O13-3. The summed E-state index contributed by atoms with van der Waals surface area (Å²) < 4.78 is 2.80. The topological polar surface area (TPSA) is 264 Å². The number of hydrogen-bond acceptors (Lipinski definition) is 13. The van der Waals surface area contributed by atoms with Gasteiger partial charge in [-0.25, -0.2) is 0 Å². The number of aryl methyl sites for hydroxylation is 2. The van der Waals surface area contributed by atoms with E-state index in [4.69, 9.17) is 5.11 Å². The molecule has 0 saturated heterocycles. The number of nitrogens with zero attached hydrogens (tertiary/aromatic N) is 4. The number of hydrogen-bond donors (Lipinski definition) is 2. The lowest BCUT2D eigenvalue weighted by atomic mass is 9.86. The first-order valence-corrected chi connectivity index (χ1v) is 21.1. The van der Waals surface area contributed by atoms with Crippen LogP contribution in [0.25, 0.3) is 0 Å². The maximum absolute atomic E-state index is 11.9. The van der Waals surface area contributed by atoms with E-state index in [0.717, 1.165) is 6.07 Å². The van der Waals surface area contributed by atoms with Crippen LogP contribution in [-0.2, 0) is 18.9 Å². The first kappa shape index (κ1) is 60.2. The van der Waals surface area contributed by atoms with Gasteiger partial charge in [0.05, 0.1) is 11.3 Å². The lowest BCUT2D eigenvalue weighted by Crippen LogP contribution is -2.33. The van der Waals surface area contributed by atoms with Crippen LogP contribution in [0.5, 0.6) is 23.0 Å². The van der Waals surface area contributed by atoms with E-state index in [1.165, 1.54) is 71.2 Å². The minimum Gasteiger partial charge on any atom is -0.869 e. The fourth-order valence-corrected chi connectivity index (χ4v) is 5.25. The molecule has 67 heavy (non-hydrogen) atoms. The minimum atomic E-state index is -0.722. The van der Waals surface area contributed by atoms with E-state index in [1.807, 2.05) is 20.8 Å². The van der Waals surface area contributed by atoms with Crippen molar-refractivity contribution in [2.24, 2.45) is 41.2 Å². The molecule has 3 heterocycles. The second-order valence-corrected chi connectivity index (χ2v) is 21.0. The molecule has 0 fully saturated rings. The van der Waals surface area contributed by atoms with Gasteiger partial charge < -0.3 is 44.4 Å². The van der Waals surface area contributed by atoms with Crippen LogP contribution >= 0.6 is 0 Å². The highest BCUT2D eigenvalue weighted by atomic mass is 16.5. The molecule has 3 aromatic heterocycles. The van der Waals surface area contributed by atoms with Gasteiger partial charge in [-0.05, 0) is 23.9 Å². The molecule has 1 amide bonds. The minimum absolute atomic E-state index is 0.0226. The molecule has 370 valence electrons. The normalized spacial score (nSPS) is 11.4. The van der Waals surface area contributed by atoms with Crippen molar-refractivity contribution in [3.8, 4) is 23.0 Å². The van der Waals surface area contributed by atoms with Gasteiger partial charge in [-0.3, -0.25) is 38.4 Å². The average Bonchev–Trinajstić information content (AvgIpc) is 3.18. The Kier molecular flexibility index (Phi) is 20.8. The van der Waals surface area contributed by atoms with Crippen molar-refractivity contribution in [1.82, 2.24) is 18.8 Å².